The molecule has 0 saturated heterocycles. The number of hydrogen-bond acceptors (Lipinski definition) is 1. The lowest BCUT2D eigenvalue weighted by atomic mass is 9.48. The van der Waals surface area contributed by atoms with Crippen molar-refractivity contribution in [1.29, 1.82) is 0 Å². The van der Waals surface area contributed by atoms with Crippen molar-refractivity contribution in [1.82, 2.24) is 0 Å². The first-order valence-corrected chi connectivity index (χ1v) is 4.22. The van der Waals surface area contributed by atoms with E-state index in [9.17, 15) is 4.79 Å². The van der Waals surface area contributed by atoms with E-state index in [0.717, 1.165) is 6.42 Å². The monoisotopic (exact) mass is 150 g/mol. The van der Waals surface area contributed by atoms with E-state index in [-0.39, 0.29) is 10.8 Å². The second kappa shape index (κ2) is 1.60. The fourth-order valence-electron chi connectivity index (χ4n) is 2.86. The van der Waals surface area contributed by atoms with Crippen molar-refractivity contribution in [3.8, 4) is 0 Å². The summed E-state index contributed by atoms with van der Waals surface area (Å²) in [5.74, 6) is 0.992. The molecular weight excluding hydrogens is 136 g/mol. The number of rotatable bonds is 0. The molecule has 0 aliphatic heterocycles. The van der Waals surface area contributed by atoms with Gasteiger partial charge in [-0.15, -0.1) is 0 Å². The molecule has 0 aromatic heterocycles. The molecule has 0 N–H and O–H groups in total. The zero-order valence-corrected chi connectivity index (χ0v) is 7.35. The van der Waals surface area contributed by atoms with Crippen LogP contribution >= 0.6 is 0 Å². The minimum atomic E-state index is -0.0937. The van der Waals surface area contributed by atoms with Crippen molar-refractivity contribution in [2.75, 3.05) is 0 Å². The second-order valence-corrected chi connectivity index (χ2v) is 4.52. The third kappa shape index (κ3) is 0.559. The van der Waals surface area contributed by atoms with E-state index in [1.54, 1.807) is 0 Å². The van der Waals surface area contributed by atoms with Crippen molar-refractivity contribution < 1.29 is 4.79 Å². The minimum Gasteiger partial charge on any atom is -0.298 e. The van der Waals surface area contributed by atoms with E-state index >= 15 is 0 Å². The quantitative estimate of drug-likeness (QED) is 0.484. The molecule has 0 aromatic carbocycles. The fourth-order valence-corrected chi connectivity index (χ4v) is 2.86. The number of ketones is 1. The number of hydrogen-bond donors (Lipinski definition) is 0. The molecule has 60 valence electrons. The van der Waals surface area contributed by atoms with Gasteiger partial charge in [-0.05, 0) is 19.3 Å². The maximum Gasteiger partial charge on any atom is 0.148 e. The Balaban J connectivity index is 2.39. The number of carbonyl (C=O) groups excluding carboxylic acids is 1. The summed E-state index contributed by atoms with van der Waals surface area (Å²) < 4.78 is 0. The van der Waals surface area contributed by atoms with Crippen molar-refractivity contribution >= 4 is 5.78 Å². The zero-order valence-electron chi connectivity index (χ0n) is 7.35. The van der Waals surface area contributed by atoms with Gasteiger partial charge >= 0.3 is 0 Å². The highest BCUT2D eigenvalue weighted by atomic mass is 16.1. The van der Waals surface area contributed by atoms with Crippen LogP contribution in [0.1, 0.15) is 27.2 Å². The molecule has 2 aliphatic carbocycles. The van der Waals surface area contributed by atoms with E-state index in [1.807, 2.05) is 0 Å². The molecule has 2 unspecified atom stereocenters. The first kappa shape index (κ1) is 7.08. The van der Waals surface area contributed by atoms with Crippen LogP contribution in [-0.4, -0.2) is 5.78 Å². The van der Waals surface area contributed by atoms with E-state index in [0.29, 0.717) is 11.7 Å². The Labute approximate surface area is 67.5 Å². The van der Waals surface area contributed by atoms with Gasteiger partial charge in [-0.1, -0.05) is 26.0 Å². The average Bonchev–Trinajstić information content (AvgIpc) is 2.30. The van der Waals surface area contributed by atoms with Gasteiger partial charge in [0, 0.05) is 10.8 Å². The molecule has 1 nitrogen and oxygen atoms in total. The Morgan fingerprint density at radius 2 is 2.09 bits per heavy atom. The Bertz CT molecular complexity index is 250. The first-order valence-electron chi connectivity index (χ1n) is 4.22. The standard InChI is InChI=1S/C10H14O/c1-9(2)7-5-4-6-10(7,3)8(9)11/h4,6-7H,5H2,1-3H3. The summed E-state index contributed by atoms with van der Waals surface area (Å²) in [6, 6.07) is 0. The zero-order chi connectivity index (χ0) is 8.28. The van der Waals surface area contributed by atoms with Crippen LogP contribution < -0.4 is 0 Å². The summed E-state index contributed by atoms with van der Waals surface area (Å²) >= 11 is 0. The first-order chi connectivity index (χ1) is 4.99. The summed E-state index contributed by atoms with van der Waals surface area (Å²) in [7, 11) is 0. The predicted molar refractivity (Wildman–Crippen MR) is 44.1 cm³/mol. The molecule has 0 heterocycles. The third-order valence-electron chi connectivity index (χ3n) is 3.51. The van der Waals surface area contributed by atoms with Gasteiger partial charge in [0.15, 0.2) is 0 Å². The molecule has 1 fully saturated rings. The lowest BCUT2D eigenvalue weighted by Crippen LogP contribution is -2.58. The average molecular weight is 150 g/mol. The Morgan fingerprint density at radius 1 is 1.45 bits per heavy atom. The molecule has 0 aromatic rings. The van der Waals surface area contributed by atoms with Crippen molar-refractivity contribution in [2.24, 2.45) is 16.7 Å². The largest absolute Gasteiger partial charge is 0.298 e. The van der Waals surface area contributed by atoms with E-state index in [2.05, 4.69) is 32.9 Å². The lowest BCUT2D eigenvalue weighted by molar-refractivity contribution is -0.159. The third-order valence-corrected chi connectivity index (χ3v) is 3.51. The summed E-state index contributed by atoms with van der Waals surface area (Å²) in [5, 5.41) is 0. The molecule has 1 saturated carbocycles. The van der Waals surface area contributed by atoms with Crippen molar-refractivity contribution in [3.63, 3.8) is 0 Å². The summed E-state index contributed by atoms with van der Waals surface area (Å²) in [6.45, 7) is 6.19. The maximum absolute atomic E-state index is 11.6. The summed E-state index contributed by atoms with van der Waals surface area (Å²) in [5.41, 5.74) is -0.151. The number of allylic oxidation sites excluding steroid dienone is 2. The van der Waals surface area contributed by atoms with Gasteiger partial charge in [-0.2, -0.15) is 0 Å². The Kier molecular flexibility index (Phi) is 1.03. The summed E-state index contributed by atoms with van der Waals surface area (Å²) in [4.78, 5) is 11.6. The molecular formula is C10H14O. The van der Waals surface area contributed by atoms with Gasteiger partial charge in [0.1, 0.15) is 5.78 Å². The molecule has 1 heteroatoms. The van der Waals surface area contributed by atoms with E-state index in [1.165, 1.54) is 0 Å². The lowest BCUT2D eigenvalue weighted by Gasteiger charge is -2.53. The normalized spacial score (nSPS) is 45.4. The molecule has 11 heavy (non-hydrogen) atoms. The highest BCUT2D eigenvalue weighted by Crippen LogP contribution is 2.60. The second-order valence-electron chi connectivity index (χ2n) is 4.52. The SMILES string of the molecule is CC1(C)C(=O)C2(C)C=CCC12. The predicted octanol–water partition coefficient (Wildman–Crippen LogP) is 2.18. The van der Waals surface area contributed by atoms with Crippen LogP contribution in [0.2, 0.25) is 0 Å². The molecule has 0 amide bonds. The summed E-state index contributed by atoms with van der Waals surface area (Å²) in [6.07, 6.45) is 5.33. The Morgan fingerprint density at radius 3 is 2.64 bits per heavy atom. The molecule has 0 bridgehead atoms. The molecule has 2 atom stereocenters. The maximum atomic E-state index is 11.6. The van der Waals surface area contributed by atoms with Crippen LogP contribution in [0.3, 0.4) is 0 Å². The topological polar surface area (TPSA) is 17.1 Å². The smallest absolute Gasteiger partial charge is 0.148 e. The van der Waals surface area contributed by atoms with Crippen molar-refractivity contribution in [3.05, 3.63) is 12.2 Å². The molecule has 2 aliphatic rings. The van der Waals surface area contributed by atoms with Crippen molar-refractivity contribution in [2.45, 2.75) is 27.2 Å². The van der Waals surface area contributed by atoms with Gasteiger partial charge < -0.3 is 0 Å². The van der Waals surface area contributed by atoms with Crippen LogP contribution in [-0.2, 0) is 4.79 Å². The highest BCUT2D eigenvalue weighted by molar-refractivity contribution is 5.98. The van der Waals surface area contributed by atoms with E-state index < -0.39 is 0 Å². The molecule has 0 spiro atoms. The molecule has 0 radical (unpaired) electrons. The molecule has 2 rings (SSSR count). The van der Waals surface area contributed by atoms with Gasteiger partial charge in [0.25, 0.3) is 0 Å². The number of fused-ring (bicyclic) bond motifs is 1. The Hall–Kier alpha value is -0.590. The minimum absolute atomic E-state index is 0.0573. The number of carbonyl (C=O) groups is 1. The van der Waals surface area contributed by atoms with Gasteiger partial charge in [0.2, 0.25) is 0 Å². The van der Waals surface area contributed by atoms with Crippen LogP contribution in [0.25, 0.3) is 0 Å². The van der Waals surface area contributed by atoms with Crippen LogP contribution in [0.5, 0.6) is 0 Å². The van der Waals surface area contributed by atoms with Crippen LogP contribution in [0, 0.1) is 16.7 Å². The van der Waals surface area contributed by atoms with Crippen LogP contribution in [0.15, 0.2) is 12.2 Å². The van der Waals surface area contributed by atoms with Crippen LogP contribution in [0.4, 0.5) is 0 Å². The van der Waals surface area contributed by atoms with Gasteiger partial charge in [-0.3, -0.25) is 4.79 Å². The fraction of sp³-hybridized carbons (Fsp3) is 0.700. The number of Topliss-reactive ketones (excluding diaryl/α,β-unsaturated/α-hetero) is 1. The van der Waals surface area contributed by atoms with Gasteiger partial charge in [0.05, 0.1) is 0 Å². The van der Waals surface area contributed by atoms with E-state index in [4.69, 9.17) is 0 Å². The highest BCUT2D eigenvalue weighted by Gasteiger charge is 2.63. The van der Waals surface area contributed by atoms with Gasteiger partial charge in [-0.25, -0.2) is 0 Å².